The molecule has 0 amide bonds. The summed E-state index contributed by atoms with van der Waals surface area (Å²) in [6.45, 7) is -0.159. The van der Waals surface area contributed by atoms with Crippen molar-refractivity contribution < 1.29 is 9.53 Å². The van der Waals surface area contributed by atoms with Gasteiger partial charge in [0.15, 0.2) is 12.9 Å². The second kappa shape index (κ2) is 4.43. The first-order valence-corrected chi connectivity index (χ1v) is 3.77. The van der Waals surface area contributed by atoms with Gasteiger partial charge < -0.3 is 4.74 Å². The molecule has 0 radical (unpaired) electrons. The maximum Gasteiger partial charge on any atom is 0.226 e. The van der Waals surface area contributed by atoms with Gasteiger partial charge >= 0.3 is 0 Å². The first-order chi connectivity index (χ1) is 6.27. The Bertz CT molecular complexity index is 360. The van der Waals surface area contributed by atoms with Gasteiger partial charge in [-0.25, -0.2) is 4.98 Å². The molecular formula is C8H5ClN2O2. The molecule has 0 N–H and O–H groups in total. The summed E-state index contributed by atoms with van der Waals surface area (Å²) >= 11 is 5.56. The largest absolute Gasteiger partial charge is 0.462 e. The molecule has 1 aromatic heterocycles. The van der Waals surface area contributed by atoms with E-state index in [2.05, 4.69) is 4.98 Å². The normalized spacial score (nSPS) is 8.92. The molecule has 0 spiro atoms. The lowest BCUT2D eigenvalue weighted by Gasteiger charge is -2.02. The van der Waals surface area contributed by atoms with Crippen LogP contribution in [-0.4, -0.2) is 17.9 Å². The van der Waals surface area contributed by atoms with Gasteiger partial charge in [-0.05, 0) is 12.1 Å². The Morgan fingerprint density at radius 1 is 1.69 bits per heavy atom. The predicted molar refractivity (Wildman–Crippen MR) is 45.7 cm³/mol. The van der Waals surface area contributed by atoms with Gasteiger partial charge in [0.05, 0.1) is 5.56 Å². The number of halogens is 1. The molecule has 0 saturated carbocycles. The lowest BCUT2D eigenvalue weighted by Crippen LogP contribution is -1.99. The summed E-state index contributed by atoms with van der Waals surface area (Å²) in [4.78, 5) is 14.2. The van der Waals surface area contributed by atoms with Crippen molar-refractivity contribution in [3.05, 3.63) is 22.8 Å². The summed E-state index contributed by atoms with van der Waals surface area (Å²) in [7, 11) is 0. The van der Waals surface area contributed by atoms with Crippen molar-refractivity contribution in [2.45, 2.75) is 0 Å². The maximum atomic E-state index is 10.5. The molecule has 0 unspecified atom stereocenters. The average Bonchev–Trinajstić information content (AvgIpc) is 2.15. The van der Waals surface area contributed by atoms with Gasteiger partial charge in [0.2, 0.25) is 5.88 Å². The molecule has 0 aliphatic rings. The summed E-state index contributed by atoms with van der Waals surface area (Å²) in [5, 5.41) is 8.46. The maximum absolute atomic E-state index is 10.5. The minimum Gasteiger partial charge on any atom is -0.462 e. The Kier molecular flexibility index (Phi) is 3.23. The van der Waals surface area contributed by atoms with Crippen molar-refractivity contribution in [1.29, 1.82) is 5.26 Å². The zero-order valence-corrected chi connectivity index (χ0v) is 7.28. The van der Waals surface area contributed by atoms with Crippen molar-refractivity contribution in [3.63, 3.8) is 0 Å². The number of nitriles is 1. The second-order valence-electron chi connectivity index (χ2n) is 2.09. The average molecular weight is 197 g/mol. The second-order valence-corrected chi connectivity index (χ2v) is 2.48. The van der Waals surface area contributed by atoms with Crippen LogP contribution in [0.4, 0.5) is 0 Å². The van der Waals surface area contributed by atoms with Gasteiger partial charge in [-0.3, -0.25) is 4.79 Å². The molecule has 1 heterocycles. The minimum absolute atomic E-state index is 0.0871. The van der Waals surface area contributed by atoms with E-state index in [-0.39, 0.29) is 23.2 Å². The number of hydrogen-bond acceptors (Lipinski definition) is 4. The van der Waals surface area contributed by atoms with Gasteiger partial charge in [0.25, 0.3) is 0 Å². The molecule has 0 aliphatic heterocycles. The fourth-order valence-electron chi connectivity index (χ4n) is 0.735. The van der Waals surface area contributed by atoms with Crippen LogP contribution in [0.15, 0.2) is 12.1 Å². The van der Waals surface area contributed by atoms with E-state index in [1.165, 1.54) is 12.1 Å². The number of rotatable bonds is 3. The molecule has 0 atom stereocenters. The quantitative estimate of drug-likeness (QED) is 0.542. The zero-order valence-electron chi connectivity index (χ0n) is 6.53. The van der Waals surface area contributed by atoms with E-state index in [0.29, 0.717) is 6.29 Å². The molecule has 1 aromatic rings. The minimum atomic E-state index is -0.159. The third kappa shape index (κ3) is 2.42. The Hall–Kier alpha value is -1.60. The molecule has 5 heteroatoms. The van der Waals surface area contributed by atoms with E-state index in [9.17, 15) is 4.79 Å². The number of pyridine rings is 1. The monoisotopic (exact) mass is 196 g/mol. The first-order valence-electron chi connectivity index (χ1n) is 3.39. The van der Waals surface area contributed by atoms with Gasteiger partial charge in [0, 0.05) is 0 Å². The van der Waals surface area contributed by atoms with Crippen LogP contribution in [0.25, 0.3) is 0 Å². The predicted octanol–water partition coefficient (Wildman–Crippen LogP) is 1.45. The van der Waals surface area contributed by atoms with E-state index in [0.717, 1.165) is 0 Å². The summed E-state index contributed by atoms with van der Waals surface area (Å²) in [5.74, 6) is 0.0871. The molecule has 0 bridgehead atoms. The third-order valence-electron chi connectivity index (χ3n) is 1.26. The fraction of sp³-hybridized carbons (Fsp3) is 0.125. The molecular weight excluding hydrogens is 192 g/mol. The van der Waals surface area contributed by atoms with Gasteiger partial charge in [-0.2, -0.15) is 5.26 Å². The molecule has 0 aliphatic carbocycles. The number of aromatic nitrogens is 1. The zero-order chi connectivity index (χ0) is 9.68. The van der Waals surface area contributed by atoms with Crippen molar-refractivity contribution >= 4 is 17.9 Å². The lowest BCUT2D eigenvalue weighted by molar-refractivity contribution is 0.111. The smallest absolute Gasteiger partial charge is 0.226 e. The lowest BCUT2D eigenvalue weighted by atomic mass is 10.3. The molecule has 4 nitrogen and oxygen atoms in total. The highest BCUT2D eigenvalue weighted by Crippen LogP contribution is 2.16. The van der Waals surface area contributed by atoms with Crippen LogP contribution in [0.5, 0.6) is 5.88 Å². The van der Waals surface area contributed by atoms with Crippen LogP contribution in [0.1, 0.15) is 10.4 Å². The van der Waals surface area contributed by atoms with E-state index in [1.54, 1.807) is 6.07 Å². The molecule has 0 saturated heterocycles. The number of hydrogen-bond donors (Lipinski definition) is 0. The number of aldehydes is 1. The first kappa shape index (κ1) is 9.49. The summed E-state index contributed by atoms with van der Waals surface area (Å²) in [5.41, 5.74) is 0.277. The topological polar surface area (TPSA) is 63.0 Å². The van der Waals surface area contributed by atoms with Crippen LogP contribution in [0, 0.1) is 11.3 Å². The van der Waals surface area contributed by atoms with Crippen LogP contribution >= 0.6 is 11.6 Å². The van der Waals surface area contributed by atoms with Crippen molar-refractivity contribution in [3.8, 4) is 11.9 Å². The van der Waals surface area contributed by atoms with Gasteiger partial charge in [0.1, 0.15) is 11.2 Å². The summed E-state index contributed by atoms with van der Waals surface area (Å²) in [6, 6.07) is 4.72. The van der Waals surface area contributed by atoms with Crippen LogP contribution < -0.4 is 4.74 Å². The van der Waals surface area contributed by atoms with E-state index in [4.69, 9.17) is 21.6 Å². The van der Waals surface area contributed by atoms with Gasteiger partial charge in [-0.1, -0.05) is 11.6 Å². The number of carbonyl (C=O) groups is 1. The highest BCUT2D eigenvalue weighted by Gasteiger charge is 2.04. The Labute approximate surface area is 79.7 Å². The summed E-state index contributed by atoms with van der Waals surface area (Å²) < 4.78 is 4.87. The third-order valence-corrected chi connectivity index (χ3v) is 1.47. The number of nitrogens with zero attached hydrogens (tertiary/aromatic N) is 2. The molecule has 13 heavy (non-hydrogen) atoms. The molecule has 0 fully saturated rings. The fourth-order valence-corrected chi connectivity index (χ4v) is 0.874. The van der Waals surface area contributed by atoms with E-state index < -0.39 is 0 Å². The Morgan fingerprint density at radius 3 is 3.08 bits per heavy atom. The molecule has 66 valence electrons. The Balaban J connectivity index is 2.95. The standard InChI is InChI=1S/C8H5ClN2O2/c9-7-2-1-6(5-12)8(11-7)13-4-3-10/h1-2,5H,4H2. The van der Waals surface area contributed by atoms with Crippen molar-refractivity contribution in [2.24, 2.45) is 0 Å². The van der Waals surface area contributed by atoms with Crippen LogP contribution in [0.3, 0.4) is 0 Å². The van der Waals surface area contributed by atoms with E-state index in [1.807, 2.05) is 0 Å². The summed E-state index contributed by atoms with van der Waals surface area (Å²) in [6.07, 6.45) is 0.593. The van der Waals surface area contributed by atoms with Crippen LogP contribution in [-0.2, 0) is 0 Å². The Morgan fingerprint density at radius 2 is 2.46 bits per heavy atom. The van der Waals surface area contributed by atoms with Crippen molar-refractivity contribution in [2.75, 3.05) is 6.61 Å². The molecule has 0 aromatic carbocycles. The van der Waals surface area contributed by atoms with Gasteiger partial charge in [-0.15, -0.1) is 0 Å². The van der Waals surface area contributed by atoms with Crippen LogP contribution in [0.2, 0.25) is 5.15 Å². The molecule has 1 rings (SSSR count). The highest BCUT2D eigenvalue weighted by molar-refractivity contribution is 6.29. The highest BCUT2D eigenvalue weighted by atomic mass is 35.5. The SMILES string of the molecule is N#CCOc1nc(Cl)ccc1C=O. The van der Waals surface area contributed by atoms with Crippen molar-refractivity contribution in [1.82, 2.24) is 4.98 Å². The number of carbonyl (C=O) groups excluding carboxylic acids is 1. The number of ether oxygens (including phenoxy) is 1. The van der Waals surface area contributed by atoms with E-state index >= 15 is 0 Å².